The molecule has 8 nitrogen and oxygen atoms in total. The highest BCUT2D eigenvalue weighted by Gasteiger charge is 2.57. The van der Waals surface area contributed by atoms with Gasteiger partial charge in [0.05, 0.1) is 19.1 Å². The van der Waals surface area contributed by atoms with Crippen molar-refractivity contribution >= 4 is 11.2 Å². The first kappa shape index (κ1) is 11.8. The van der Waals surface area contributed by atoms with Crippen LogP contribution < -0.4 is 5.69 Å². The Morgan fingerprint density at radius 1 is 1.29 bits per heavy atom. The van der Waals surface area contributed by atoms with Crippen molar-refractivity contribution in [2.24, 2.45) is 0 Å². The minimum absolute atomic E-state index is 0.192. The van der Waals surface area contributed by atoms with Gasteiger partial charge in [0.25, 0.3) is 0 Å². The average Bonchev–Trinajstić information content (AvgIpc) is 3.01. The van der Waals surface area contributed by atoms with Crippen LogP contribution >= 0.6 is 0 Å². The number of hydrogen-bond acceptors (Lipinski definition) is 6. The van der Waals surface area contributed by atoms with E-state index in [4.69, 9.17) is 14.2 Å². The van der Waals surface area contributed by atoms with Gasteiger partial charge in [-0.2, -0.15) is 4.98 Å². The van der Waals surface area contributed by atoms with Gasteiger partial charge in [0.15, 0.2) is 12.0 Å². The lowest BCUT2D eigenvalue weighted by atomic mass is 10.1. The molecule has 5 heterocycles. The van der Waals surface area contributed by atoms with Crippen molar-refractivity contribution in [1.82, 2.24) is 19.1 Å². The van der Waals surface area contributed by atoms with Crippen molar-refractivity contribution in [1.29, 1.82) is 0 Å². The summed E-state index contributed by atoms with van der Waals surface area (Å²) in [5, 5.41) is 0. The van der Waals surface area contributed by atoms with Crippen molar-refractivity contribution in [2.75, 3.05) is 0 Å². The standard InChI is InChI=1S/C13H14N4O4/c1-13(2)20-8-7-4-16-10-6(3-14-12(16)18)15-5-17(10)11(19-7)9(8)21-13/h3,5,7-9,11H,4H2,1-2H3/t7-,8+,9?,11-/m1/s1. The van der Waals surface area contributed by atoms with Gasteiger partial charge in [-0.15, -0.1) is 0 Å². The van der Waals surface area contributed by atoms with E-state index in [2.05, 4.69) is 9.97 Å². The second kappa shape index (κ2) is 3.52. The van der Waals surface area contributed by atoms with E-state index in [-0.39, 0.29) is 30.2 Å². The topological polar surface area (TPSA) is 80.4 Å². The molecule has 1 unspecified atom stereocenters. The van der Waals surface area contributed by atoms with Gasteiger partial charge in [0.1, 0.15) is 29.5 Å². The van der Waals surface area contributed by atoms with Crippen molar-refractivity contribution in [2.45, 2.75) is 50.7 Å². The first-order valence-corrected chi connectivity index (χ1v) is 6.97. The fraction of sp³-hybridized carbons (Fsp3) is 0.615. The van der Waals surface area contributed by atoms with Gasteiger partial charge in [-0.1, -0.05) is 0 Å². The highest BCUT2D eigenvalue weighted by molar-refractivity contribution is 5.70. The summed E-state index contributed by atoms with van der Waals surface area (Å²) in [4.78, 5) is 20.3. The van der Waals surface area contributed by atoms with E-state index in [0.29, 0.717) is 12.1 Å². The Morgan fingerprint density at radius 2 is 2.10 bits per heavy atom. The molecule has 110 valence electrons. The highest BCUT2D eigenvalue weighted by Crippen LogP contribution is 2.45. The van der Waals surface area contributed by atoms with E-state index < -0.39 is 5.79 Å². The van der Waals surface area contributed by atoms with E-state index in [1.54, 1.807) is 10.9 Å². The van der Waals surface area contributed by atoms with Crippen LogP contribution in [0.5, 0.6) is 0 Å². The van der Waals surface area contributed by atoms with E-state index in [1.807, 2.05) is 18.4 Å². The molecule has 4 atom stereocenters. The van der Waals surface area contributed by atoms with Gasteiger partial charge in [-0.3, -0.25) is 9.13 Å². The third-order valence-corrected chi connectivity index (χ3v) is 4.34. The molecule has 0 aliphatic carbocycles. The molecule has 3 aliphatic rings. The van der Waals surface area contributed by atoms with E-state index >= 15 is 0 Å². The number of fused-ring (bicyclic) bond motifs is 6. The molecule has 3 aliphatic heterocycles. The minimum atomic E-state index is -0.644. The summed E-state index contributed by atoms with van der Waals surface area (Å²) in [6.07, 6.45) is 2.22. The molecule has 8 heteroatoms. The summed E-state index contributed by atoms with van der Waals surface area (Å²) < 4.78 is 21.5. The second-order valence-corrected chi connectivity index (χ2v) is 6.14. The summed E-state index contributed by atoms with van der Waals surface area (Å²) in [5.74, 6) is -0.644. The zero-order valence-corrected chi connectivity index (χ0v) is 11.6. The second-order valence-electron chi connectivity index (χ2n) is 6.14. The van der Waals surface area contributed by atoms with Crippen LogP contribution in [0.3, 0.4) is 0 Å². The van der Waals surface area contributed by atoms with E-state index in [9.17, 15) is 4.79 Å². The Labute approximate surface area is 119 Å². The zero-order chi connectivity index (χ0) is 14.4. The first-order chi connectivity index (χ1) is 10.0. The maximum atomic E-state index is 12.1. The molecule has 0 aromatic carbocycles. The summed E-state index contributed by atoms with van der Waals surface area (Å²) in [6, 6.07) is 0. The van der Waals surface area contributed by atoms with Crippen molar-refractivity contribution in [3.05, 3.63) is 23.0 Å². The molecule has 5 rings (SSSR count). The van der Waals surface area contributed by atoms with Gasteiger partial charge in [0, 0.05) is 0 Å². The van der Waals surface area contributed by atoms with Crippen LogP contribution in [-0.4, -0.2) is 43.2 Å². The Morgan fingerprint density at radius 3 is 2.95 bits per heavy atom. The molecule has 0 amide bonds. The SMILES string of the molecule is CC1(C)OC2[C@@H](O1)[C@H]1Cn3c(=O)ncc4ncn(c43)[C@@H]2O1. The Bertz CT molecular complexity index is 810. The average molecular weight is 290 g/mol. The number of imidazole rings is 1. The molecule has 2 aromatic rings. The minimum Gasteiger partial charge on any atom is -0.347 e. The normalized spacial score (nSPS) is 35.9. The summed E-state index contributed by atoms with van der Waals surface area (Å²) in [5.41, 5.74) is 1.12. The lowest BCUT2D eigenvalue weighted by molar-refractivity contribution is -0.196. The molecule has 21 heavy (non-hydrogen) atoms. The third kappa shape index (κ3) is 1.42. The molecular formula is C13H14N4O4. The molecular weight excluding hydrogens is 276 g/mol. The lowest BCUT2D eigenvalue weighted by Gasteiger charge is -2.22. The van der Waals surface area contributed by atoms with Crippen LogP contribution in [0, 0.1) is 0 Å². The van der Waals surface area contributed by atoms with Gasteiger partial charge < -0.3 is 14.2 Å². The zero-order valence-electron chi connectivity index (χ0n) is 11.6. The maximum absolute atomic E-state index is 12.1. The largest absolute Gasteiger partial charge is 0.349 e. The van der Waals surface area contributed by atoms with Crippen LogP contribution in [0.4, 0.5) is 0 Å². The number of ether oxygens (including phenoxy) is 3. The summed E-state index contributed by atoms with van der Waals surface area (Å²) >= 11 is 0. The molecule has 2 fully saturated rings. The number of rotatable bonds is 0. The molecule has 0 radical (unpaired) electrons. The number of nitrogens with zero attached hydrogens (tertiary/aromatic N) is 4. The number of aromatic nitrogens is 4. The van der Waals surface area contributed by atoms with Gasteiger partial charge in [-0.25, -0.2) is 9.78 Å². The fourth-order valence-corrected chi connectivity index (χ4v) is 3.58. The predicted molar refractivity (Wildman–Crippen MR) is 69.5 cm³/mol. The molecule has 2 aromatic heterocycles. The van der Waals surface area contributed by atoms with Crippen LogP contribution in [0.1, 0.15) is 20.1 Å². The fourth-order valence-electron chi connectivity index (χ4n) is 3.58. The van der Waals surface area contributed by atoms with E-state index in [0.717, 1.165) is 5.65 Å². The lowest BCUT2D eigenvalue weighted by Crippen LogP contribution is -2.37. The smallest absolute Gasteiger partial charge is 0.347 e. The molecule has 2 bridgehead atoms. The number of hydrogen-bond donors (Lipinski definition) is 0. The predicted octanol–water partition coefficient (Wildman–Crippen LogP) is 0.0241. The molecule has 0 N–H and O–H groups in total. The van der Waals surface area contributed by atoms with Crippen molar-refractivity contribution in [3.63, 3.8) is 0 Å². The van der Waals surface area contributed by atoms with Crippen LogP contribution in [0.2, 0.25) is 0 Å². The van der Waals surface area contributed by atoms with Crippen LogP contribution in [0.15, 0.2) is 17.3 Å². The van der Waals surface area contributed by atoms with Crippen molar-refractivity contribution < 1.29 is 14.2 Å². The van der Waals surface area contributed by atoms with Crippen molar-refractivity contribution in [3.8, 4) is 0 Å². The quantitative estimate of drug-likeness (QED) is 0.680. The van der Waals surface area contributed by atoms with Gasteiger partial charge >= 0.3 is 5.69 Å². The van der Waals surface area contributed by atoms with Crippen LogP contribution in [-0.2, 0) is 20.8 Å². The maximum Gasteiger partial charge on any atom is 0.349 e. The first-order valence-electron chi connectivity index (χ1n) is 6.97. The van der Waals surface area contributed by atoms with Crippen LogP contribution in [0.25, 0.3) is 11.2 Å². The van der Waals surface area contributed by atoms with Gasteiger partial charge in [0.2, 0.25) is 0 Å². The van der Waals surface area contributed by atoms with Gasteiger partial charge in [-0.05, 0) is 13.8 Å². The summed E-state index contributed by atoms with van der Waals surface area (Å²) in [7, 11) is 0. The Balaban J connectivity index is 1.75. The Hall–Kier alpha value is -1.77. The molecule has 2 saturated heterocycles. The Kier molecular flexibility index (Phi) is 1.98. The third-order valence-electron chi connectivity index (χ3n) is 4.34. The summed E-state index contributed by atoms with van der Waals surface area (Å²) in [6.45, 7) is 4.18. The highest BCUT2D eigenvalue weighted by atomic mass is 16.8. The monoisotopic (exact) mass is 290 g/mol. The molecule has 0 spiro atoms. The van der Waals surface area contributed by atoms with E-state index in [1.165, 1.54) is 6.20 Å². The molecule has 0 saturated carbocycles.